The highest BCUT2D eigenvalue weighted by molar-refractivity contribution is 7.92. The SMILES string of the molecule is O=C(CCc1ccc(F)c(Cl)c1)N1CCC[C@@H](S(=O)(=O)c2ccc(F)cc2)C1. The first-order valence-corrected chi connectivity index (χ1v) is 10.9. The van der Waals surface area contributed by atoms with Crippen LogP contribution in [0.25, 0.3) is 0 Å². The molecule has 0 bridgehead atoms. The van der Waals surface area contributed by atoms with Crippen LogP contribution in [0.3, 0.4) is 0 Å². The normalized spacial score (nSPS) is 17.5. The molecule has 0 unspecified atom stereocenters. The molecule has 0 aromatic heterocycles. The van der Waals surface area contributed by atoms with Gasteiger partial charge >= 0.3 is 0 Å². The fourth-order valence-corrected chi connectivity index (χ4v) is 5.30. The van der Waals surface area contributed by atoms with Crippen LogP contribution in [0, 0.1) is 11.6 Å². The Morgan fingerprint density at radius 2 is 1.86 bits per heavy atom. The number of rotatable bonds is 5. The van der Waals surface area contributed by atoms with Crippen LogP contribution < -0.4 is 0 Å². The molecular weight excluding hydrogens is 408 g/mol. The van der Waals surface area contributed by atoms with Gasteiger partial charge in [-0.1, -0.05) is 17.7 Å². The summed E-state index contributed by atoms with van der Waals surface area (Å²) >= 11 is 5.75. The summed E-state index contributed by atoms with van der Waals surface area (Å²) in [5.41, 5.74) is 0.743. The first kappa shape index (κ1) is 20.7. The maximum absolute atomic E-state index is 13.2. The maximum Gasteiger partial charge on any atom is 0.222 e. The highest BCUT2D eigenvalue weighted by Gasteiger charge is 2.33. The van der Waals surface area contributed by atoms with E-state index in [0.29, 0.717) is 25.8 Å². The van der Waals surface area contributed by atoms with Crippen LogP contribution in [0.4, 0.5) is 8.78 Å². The van der Waals surface area contributed by atoms with Crippen LogP contribution in [0.15, 0.2) is 47.4 Å². The lowest BCUT2D eigenvalue weighted by molar-refractivity contribution is -0.131. The molecule has 8 heteroatoms. The monoisotopic (exact) mass is 427 g/mol. The van der Waals surface area contributed by atoms with E-state index in [1.165, 1.54) is 24.3 Å². The second-order valence-corrected chi connectivity index (χ2v) is 9.49. The molecule has 4 nitrogen and oxygen atoms in total. The van der Waals surface area contributed by atoms with Gasteiger partial charge in [-0.2, -0.15) is 0 Å². The molecule has 1 fully saturated rings. The highest BCUT2D eigenvalue weighted by atomic mass is 35.5. The van der Waals surface area contributed by atoms with Gasteiger partial charge in [-0.25, -0.2) is 17.2 Å². The minimum absolute atomic E-state index is 0.00776. The van der Waals surface area contributed by atoms with Crippen molar-refractivity contribution >= 4 is 27.3 Å². The number of hydrogen-bond donors (Lipinski definition) is 0. The van der Waals surface area contributed by atoms with E-state index in [0.717, 1.165) is 17.7 Å². The second kappa shape index (κ2) is 8.57. The molecular formula is C20H20ClF2NO3S. The largest absolute Gasteiger partial charge is 0.341 e. The predicted molar refractivity (Wildman–Crippen MR) is 103 cm³/mol. The van der Waals surface area contributed by atoms with Crippen LogP contribution in [0.1, 0.15) is 24.8 Å². The Hall–Kier alpha value is -1.99. The van der Waals surface area contributed by atoms with Crippen molar-refractivity contribution in [2.75, 3.05) is 13.1 Å². The standard InChI is InChI=1S/C20H20ClF2NO3S/c21-18-12-14(3-9-19(18)23)4-10-20(25)24-11-1-2-17(13-24)28(26,27)16-7-5-15(22)6-8-16/h3,5-9,12,17H,1-2,4,10-11,13H2/t17-/m1/s1. The van der Waals surface area contributed by atoms with Gasteiger partial charge in [0.15, 0.2) is 9.84 Å². The van der Waals surface area contributed by atoms with Crippen molar-refractivity contribution in [1.82, 2.24) is 4.90 Å². The number of carbonyl (C=O) groups is 1. The minimum Gasteiger partial charge on any atom is -0.341 e. The average molecular weight is 428 g/mol. The van der Waals surface area contributed by atoms with E-state index in [-0.39, 0.29) is 28.8 Å². The average Bonchev–Trinajstić information content (AvgIpc) is 2.69. The fourth-order valence-electron chi connectivity index (χ4n) is 3.34. The Morgan fingerprint density at radius 3 is 2.54 bits per heavy atom. The zero-order valence-electron chi connectivity index (χ0n) is 15.1. The van der Waals surface area contributed by atoms with Gasteiger partial charge in [0.1, 0.15) is 11.6 Å². The number of sulfone groups is 1. The van der Waals surface area contributed by atoms with Gasteiger partial charge in [0.2, 0.25) is 5.91 Å². The molecule has 2 aromatic rings. The van der Waals surface area contributed by atoms with Gasteiger partial charge in [-0.05, 0) is 61.2 Å². The van der Waals surface area contributed by atoms with Crippen molar-refractivity contribution in [2.45, 2.75) is 35.8 Å². The minimum atomic E-state index is -3.64. The van der Waals surface area contributed by atoms with Crippen molar-refractivity contribution in [3.05, 3.63) is 64.7 Å². The van der Waals surface area contributed by atoms with Gasteiger partial charge < -0.3 is 4.90 Å². The Labute approximate surface area is 168 Å². The fraction of sp³-hybridized carbons (Fsp3) is 0.350. The van der Waals surface area contributed by atoms with E-state index in [9.17, 15) is 22.0 Å². The summed E-state index contributed by atoms with van der Waals surface area (Å²) in [5.74, 6) is -1.17. The van der Waals surface area contributed by atoms with E-state index in [4.69, 9.17) is 11.6 Å². The molecule has 1 amide bonds. The van der Waals surface area contributed by atoms with Gasteiger partial charge in [0.05, 0.1) is 15.2 Å². The number of amides is 1. The third-order valence-corrected chi connectivity index (χ3v) is 7.40. The summed E-state index contributed by atoms with van der Waals surface area (Å²) < 4.78 is 51.9. The van der Waals surface area contributed by atoms with Gasteiger partial charge in [0, 0.05) is 19.5 Å². The van der Waals surface area contributed by atoms with E-state index in [1.807, 2.05) is 0 Å². The molecule has 150 valence electrons. The van der Waals surface area contributed by atoms with Gasteiger partial charge in [-0.15, -0.1) is 0 Å². The Kier molecular flexibility index (Phi) is 6.35. The molecule has 3 rings (SSSR count). The van der Waals surface area contributed by atoms with Crippen LogP contribution in [-0.2, 0) is 21.1 Å². The Morgan fingerprint density at radius 1 is 1.14 bits per heavy atom. The van der Waals surface area contributed by atoms with Crippen molar-refractivity contribution < 1.29 is 22.0 Å². The number of carbonyl (C=O) groups excluding carboxylic acids is 1. The maximum atomic E-state index is 13.2. The lowest BCUT2D eigenvalue weighted by Gasteiger charge is -2.32. The number of hydrogen-bond acceptors (Lipinski definition) is 3. The predicted octanol–water partition coefficient (Wildman–Crippen LogP) is 4.02. The zero-order valence-corrected chi connectivity index (χ0v) is 16.6. The van der Waals surface area contributed by atoms with E-state index in [2.05, 4.69) is 0 Å². The first-order valence-electron chi connectivity index (χ1n) is 8.98. The summed E-state index contributed by atoms with van der Waals surface area (Å²) in [6, 6.07) is 9.06. The smallest absolute Gasteiger partial charge is 0.222 e. The Balaban J connectivity index is 1.64. The van der Waals surface area contributed by atoms with Crippen molar-refractivity contribution in [2.24, 2.45) is 0 Å². The number of nitrogens with zero attached hydrogens (tertiary/aromatic N) is 1. The molecule has 1 aliphatic heterocycles. The lowest BCUT2D eigenvalue weighted by Crippen LogP contribution is -2.45. The molecule has 1 saturated heterocycles. The van der Waals surface area contributed by atoms with Crippen LogP contribution in [-0.4, -0.2) is 37.6 Å². The summed E-state index contributed by atoms with van der Waals surface area (Å²) in [4.78, 5) is 14.2. The molecule has 0 spiro atoms. The molecule has 1 aliphatic rings. The third kappa shape index (κ3) is 4.70. The van der Waals surface area contributed by atoms with Gasteiger partial charge in [0.25, 0.3) is 0 Å². The number of aryl methyl sites for hydroxylation is 1. The van der Waals surface area contributed by atoms with Gasteiger partial charge in [-0.3, -0.25) is 4.79 Å². The third-order valence-electron chi connectivity index (χ3n) is 4.92. The van der Waals surface area contributed by atoms with E-state index >= 15 is 0 Å². The van der Waals surface area contributed by atoms with E-state index in [1.54, 1.807) is 11.0 Å². The number of likely N-dealkylation sites (tertiary alicyclic amines) is 1. The van der Waals surface area contributed by atoms with Crippen molar-refractivity contribution in [1.29, 1.82) is 0 Å². The topological polar surface area (TPSA) is 54.5 Å². The first-order chi connectivity index (χ1) is 13.3. The molecule has 1 atom stereocenters. The molecule has 2 aromatic carbocycles. The molecule has 0 radical (unpaired) electrons. The number of halogens is 3. The second-order valence-electron chi connectivity index (χ2n) is 6.85. The Bertz CT molecular complexity index is 964. The quantitative estimate of drug-likeness (QED) is 0.677. The molecule has 28 heavy (non-hydrogen) atoms. The molecule has 0 N–H and O–H groups in total. The van der Waals surface area contributed by atoms with E-state index < -0.39 is 26.7 Å². The van der Waals surface area contributed by atoms with Crippen molar-refractivity contribution in [3.8, 4) is 0 Å². The number of benzene rings is 2. The molecule has 1 heterocycles. The highest BCUT2D eigenvalue weighted by Crippen LogP contribution is 2.25. The summed E-state index contributed by atoms with van der Waals surface area (Å²) in [5, 5.41) is -0.704. The lowest BCUT2D eigenvalue weighted by atomic mass is 10.1. The summed E-state index contributed by atoms with van der Waals surface area (Å²) in [6.45, 7) is 0.612. The van der Waals surface area contributed by atoms with Crippen molar-refractivity contribution in [3.63, 3.8) is 0 Å². The molecule has 0 aliphatic carbocycles. The molecule has 0 saturated carbocycles. The summed E-state index contributed by atoms with van der Waals surface area (Å²) in [6.07, 6.45) is 1.62. The number of piperidine rings is 1. The summed E-state index contributed by atoms with van der Waals surface area (Å²) in [7, 11) is -3.64. The van der Waals surface area contributed by atoms with Crippen LogP contribution in [0.2, 0.25) is 5.02 Å². The van der Waals surface area contributed by atoms with Crippen LogP contribution in [0.5, 0.6) is 0 Å². The van der Waals surface area contributed by atoms with Crippen LogP contribution >= 0.6 is 11.6 Å². The zero-order chi connectivity index (χ0) is 20.3.